The number of aliphatic carboxylic acids is 1. The molecule has 0 spiro atoms. The van der Waals surface area contributed by atoms with E-state index in [-0.39, 0.29) is 12.4 Å². The summed E-state index contributed by atoms with van der Waals surface area (Å²) in [7, 11) is 0. The molecule has 1 aromatic heterocycles. The van der Waals surface area contributed by atoms with Gasteiger partial charge in [-0.05, 0) is 12.5 Å². The summed E-state index contributed by atoms with van der Waals surface area (Å²) in [5.74, 6) is 1.53. The van der Waals surface area contributed by atoms with Gasteiger partial charge in [0.25, 0.3) is 0 Å². The fourth-order valence-corrected chi connectivity index (χ4v) is 0.941. The first-order valence-corrected chi connectivity index (χ1v) is 4.35. The van der Waals surface area contributed by atoms with Gasteiger partial charge in [0.15, 0.2) is 0 Å². The molecule has 0 aliphatic carbocycles. The average Bonchev–Trinajstić information content (AvgIpc) is 2.20. The van der Waals surface area contributed by atoms with Crippen molar-refractivity contribution in [2.75, 3.05) is 5.32 Å². The quantitative estimate of drug-likeness (QED) is 0.707. The molecule has 0 aromatic carbocycles. The Balaban J connectivity index is 2.70. The van der Waals surface area contributed by atoms with E-state index in [0.29, 0.717) is 0 Å². The fraction of sp³-hybridized carbons (Fsp3) is 0.300. The molecule has 5 nitrogen and oxygen atoms in total. The first-order chi connectivity index (χ1) is 7.13. The Morgan fingerprint density at radius 3 is 2.73 bits per heavy atom. The monoisotopic (exact) mass is 205 g/mol. The number of carbonyl (C=O) groups is 1. The number of nitrogens with one attached hydrogen (secondary N) is 1. The third kappa shape index (κ3) is 3.27. The van der Waals surface area contributed by atoms with Crippen molar-refractivity contribution in [2.24, 2.45) is 0 Å². The zero-order valence-electron chi connectivity index (χ0n) is 8.27. The second kappa shape index (κ2) is 4.96. The zero-order chi connectivity index (χ0) is 11.3. The Morgan fingerprint density at radius 2 is 2.27 bits per heavy atom. The molecule has 78 valence electrons. The number of hydrogen-bond acceptors (Lipinski definition) is 4. The number of terminal acetylenes is 1. The molecule has 1 atom stereocenters. The molecule has 1 unspecified atom stereocenters. The highest BCUT2D eigenvalue weighted by Gasteiger charge is 2.16. The standard InChI is InChI=1S/C10H11N3O2/c1-3-4-8(9(14)15)13-10-11-5-7(2)6-12-10/h1,5-6,8H,4H2,2H3,(H,14,15)(H,11,12,13). The summed E-state index contributed by atoms with van der Waals surface area (Å²) < 4.78 is 0. The number of hydrogen-bond donors (Lipinski definition) is 2. The largest absolute Gasteiger partial charge is 0.480 e. The molecule has 0 fully saturated rings. The van der Waals surface area contributed by atoms with Crippen LogP contribution in [0, 0.1) is 19.3 Å². The third-order valence-corrected chi connectivity index (χ3v) is 1.70. The first-order valence-electron chi connectivity index (χ1n) is 4.35. The number of rotatable bonds is 4. The van der Waals surface area contributed by atoms with Crippen LogP contribution in [-0.4, -0.2) is 27.1 Å². The van der Waals surface area contributed by atoms with E-state index >= 15 is 0 Å². The van der Waals surface area contributed by atoms with Gasteiger partial charge in [-0.2, -0.15) is 0 Å². The van der Waals surface area contributed by atoms with Crippen LogP contribution in [0.1, 0.15) is 12.0 Å². The van der Waals surface area contributed by atoms with Crippen LogP contribution < -0.4 is 5.32 Å². The van der Waals surface area contributed by atoms with E-state index in [1.807, 2.05) is 6.92 Å². The molecule has 1 heterocycles. The molecular formula is C10H11N3O2. The SMILES string of the molecule is C#CCC(Nc1ncc(C)cn1)C(=O)O. The van der Waals surface area contributed by atoms with Crippen LogP contribution in [0.3, 0.4) is 0 Å². The average molecular weight is 205 g/mol. The summed E-state index contributed by atoms with van der Waals surface area (Å²) in [5.41, 5.74) is 0.907. The summed E-state index contributed by atoms with van der Waals surface area (Å²) in [5, 5.41) is 11.4. The minimum atomic E-state index is -1.02. The number of nitrogens with zero attached hydrogens (tertiary/aromatic N) is 2. The second-order valence-corrected chi connectivity index (χ2v) is 3.03. The molecule has 0 radical (unpaired) electrons. The van der Waals surface area contributed by atoms with Crippen LogP contribution in [0.5, 0.6) is 0 Å². The third-order valence-electron chi connectivity index (χ3n) is 1.70. The predicted molar refractivity (Wildman–Crippen MR) is 55.3 cm³/mol. The van der Waals surface area contributed by atoms with Crippen LogP contribution in [0.25, 0.3) is 0 Å². The Kier molecular flexibility index (Phi) is 3.63. The van der Waals surface area contributed by atoms with Gasteiger partial charge in [0.2, 0.25) is 5.95 Å². The highest BCUT2D eigenvalue weighted by atomic mass is 16.4. The van der Waals surface area contributed by atoms with Crippen molar-refractivity contribution in [2.45, 2.75) is 19.4 Å². The van der Waals surface area contributed by atoms with Gasteiger partial charge in [0.1, 0.15) is 6.04 Å². The Morgan fingerprint density at radius 1 is 1.67 bits per heavy atom. The zero-order valence-corrected chi connectivity index (χ0v) is 8.27. The Hall–Kier alpha value is -2.09. The van der Waals surface area contributed by atoms with Crippen molar-refractivity contribution in [1.82, 2.24) is 9.97 Å². The molecule has 5 heteroatoms. The number of aryl methyl sites for hydroxylation is 1. The van der Waals surface area contributed by atoms with E-state index < -0.39 is 12.0 Å². The molecule has 0 aliphatic heterocycles. The van der Waals surface area contributed by atoms with Crippen LogP contribution in [-0.2, 0) is 4.79 Å². The van der Waals surface area contributed by atoms with Crippen LogP contribution >= 0.6 is 0 Å². The summed E-state index contributed by atoms with van der Waals surface area (Å²) in [6, 6.07) is -0.849. The maximum Gasteiger partial charge on any atom is 0.327 e. The first kappa shape index (κ1) is 11.0. The summed E-state index contributed by atoms with van der Waals surface area (Å²) in [4.78, 5) is 18.6. The van der Waals surface area contributed by atoms with Crippen LogP contribution in [0.4, 0.5) is 5.95 Å². The molecule has 0 saturated heterocycles. The molecule has 0 aliphatic rings. The summed E-state index contributed by atoms with van der Waals surface area (Å²) in [6.45, 7) is 1.85. The molecule has 1 rings (SSSR count). The number of anilines is 1. The van der Waals surface area contributed by atoms with Crippen molar-refractivity contribution in [3.63, 3.8) is 0 Å². The maximum absolute atomic E-state index is 10.7. The molecule has 0 saturated carbocycles. The van der Waals surface area contributed by atoms with Gasteiger partial charge in [-0.3, -0.25) is 0 Å². The highest BCUT2D eigenvalue weighted by molar-refractivity contribution is 5.76. The van der Waals surface area contributed by atoms with Crippen LogP contribution in [0.15, 0.2) is 12.4 Å². The normalized spacial score (nSPS) is 11.5. The fourth-order valence-electron chi connectivity index (χ4n) is 0.941. The maximum atomic E-state index is 10.7. The number of carboxylic acid groups (broad SMARTS) is 1. The van der Waals surface area contributed by atoms with Gasteiger partial charge in [-0.25, -0.2) is 14.8 Å². The molecule has 15 heavy (non-hydrogen) atoms. The second-order valence-electron chi connectivity index (χ2n) is 3.03. The van der Waals surface area contributed by atoms with Crippen molar-refractivity contribution in [3.05, 3.63) is 18.0 Å². The number of aromatic nitrogens is 2. The molecule has 0 bridgehead atoms. The highest BCUT2D eigenvalue weighted by Crippen LogP contribution is 2.03. The van der Waals surface area contributed by atoms with Crippen molar-refractivity contribution in [3.8, 4) is 12.3 Å². The van der Waals surface area contributed by atoms with Gasteiger partial charge in [0.05, 0.1) is 0 Å². The minimum Gasteiger partial charge on any atom is -0.480 e. The van der Waals surface area contributed by atoms with Gasteiger partial charge in [-0.1, -0.05) is 0 Å². The smallest absolute Gasteiger partial charge is 0.327 e. The van der Waals surface area contributed by atoms with Crippen molar-refractivity contribution in [1.29, 1.82) is 0 Å². The minimum absolute atomic E-state index is 0.0899. The summed E-state index contributed by atoms with van der Waals surface area (Å²) in [6.07, 6.45) is 8.34. The lowest BCUT2D eigenvalue weighted by atomic mass is 10.2. The Bertz CT molecular complexity index is 381. The van der Waals surface area contributed by atoms with Crippen molar-refractivity contribution < 1.29 is 9.90 Å². The predicted octanol–water partition coefficient (Wildman–Crippen LogP) is 0.673. The lowest BCUT2D eigenvalue weighted by Gasteiger charge is -2.10. The van der Waals surface area contributed by atoms with E-state index in [1.54, 1.807) is 12.4 Å². The van der Waals surface area contributed by atoms with E-state index in [9.17, 15) is 4.79 Å². The van der Waals surface area contributed by atoms with Gasteiger partial charge in [-0.15, -0.1) is 12.3 Å². The number of carboxylic acids is 1. The molecule has 1 aromatic rings. The van der Waals surface area contributed by atoms with Gasteiger partial charge >= 0.3 is 5.97 Å². The van der Waals surface area contributed by atoms with E-state index in [0.717, 1.165) is 5.56 Å². The lowest BCUT2D eigenvalue weighted by Crippen LogP contribution is -2.29. The molecule has 0 amide bonds. The topological polar surface area (TPSA) is 75.1 Å². The molecular weight excluding hydrogens is 194 g/mol. The lowest BCUT2D eigenvalue weighted by molar-refractivity contribution is -0.137. The molecule has 2 N–H and O–H groups in total. The van der Waals surface area contributed by atoms with Gasteiger partial charge in [0, 0.05) is 18.8 Å². The van der Waals surface area contributed by atoms with Gasteiger partial charge < -0.3 is 10.4 Å². The summed E-state index contributed by atoms with van der Waals surface area (Å²) >= 11 is 0. The van der Waals surface area contributed by atoms with Crippen molar-refractivity contribution >= 4 is 11.9 Å². The van der Waals surface area contributed by atoms with Crippen LogP contribution in [0.2, 0.25) is 0 Å². The van der Waals surface area contributed by atoms with E-state index in [1.165, 1.54) is 0 Å². The van der Waals surface area contributed by atoms with E-state index in [2.05, 4.69) is 21.2 Å². The Labute approximate surface area is 87.6 Å². The van der Waals surface area contributed by atoms with E-state index in [4.69, 9.17) is 11.5 Å².